The quantitative estimate of drug-likeness (QED) is 0.822. The first-order chi connectivity index (χ1) is 9.29. The normalized spacial score (nSPS) is 25.5. The average molecular weight is 282 g/mol. The maximum absolute atomic E-state index is 13.7. The Morgan fingerprint density at radius 1 is 1.10 bits per heavy atom. The molecule has 3 heteroatoms. The molecule has 0 aliphatic heterocycles. The van der Waals surface area contributed by atoms with Crippen molar-refractivity contribution in [3.05, 3.63) is 35.4 Å². The molecule has 1 N–H and O–H groups in total. The predicted octanol–water partition coefficient (Wildman–Crippen LogP) is 4.85. The van der Waals surface area contributed by atoms with Crippen LogP contribution in [0, 0.1) is 28.9 Å². The van der Waals surface area contributed by atoms with Gasteiger partial charge >= 0.3 is 0 Å². The number of benzene rings is 1. The Kier molecular flexibility index (Phi) is 4.48. The fourth-order valence-corrected chi connectivity index (χ4v) is 3.30. The zero-order chi connectivity index (χ0) is 14.9. The summed E-state index contributed by atoms with van der Waals surface area (Å²) in [5.74, 6) is -0.511. The van der Waals surface area contributed by atoms with Gasteiger partial charge in [0.25, 0.3) is 0 Å². The summed E-state index contributed by atoms with van der Waals surface area (Å²) in [6, 6.07) is 3.42. The van der Waals surface area contributed by atoms with Crippen LogP contribution in [0.2, 0.25) is 0 Å². The summed E-state index contributed by atoms with van der Waals surface area (Å²) in [6.07, 6.45) is 3.11. The summed E-state index contributed by atoms with van der Waals surface area (Å²) < 4.78 is 26.6. The molecule has 1 fully saturated rings. The summed E-state index contributed by atoms with van der Waals surface area (Å²) >= 11 is 0. The summed E-state index contributed by atoms with van der Waals surface area (Å²) in [5, 5.41) is 10.3. The Labute approximate surface area is 120 Å². The van der Waals surface area contributed by atoms with Gasteiger partial charge in [0.15, 0.2) is 0 Å². The van der Waals surface area contributed by atoms with Crippen molar-refractivity contribution in [2.45, 2.75) is 52.6 Å². The molecule has 1 unspecified atom stereocenters. The van der Waals surface area contributed by atoms with Crippen LogP contribution in [0.3, 0.4) is 0 Å². The summed E-state index contributed by atoms with van der Waals surface area (Å²) in [5.41, 5.74) is 0.516. The minimum absolute atomic E-state index is 0.0774. The van der Waals surface area contributed by atoms with Crippen molar-refractivity contribution < 1.29 is 13.9 Å². The number of hydrogen-bond donors (Lipinski definition) is 1. The molecule has 0 spiro atoms. The fraction of sp³-hybridized carbons (Fsp3) is 0.647. The van der Waals surface area contributed by atoms with Crippen LogP contribution in [-0.4, -0.2) is 5.11 Å². The molecule has 20 heavy (non-hydrogen) atoms. The van der Waals surface area contributed by atoms with Crippen LogP contribution < -0.4 is 0 Å². The Morgan fingerprint density at radius 2 is 1.70 bits per heavy atom. The molecule has 1 aromatic carbocycles. The van der Waals surface area contributed by atoms with Crippen molar-refractivity contribution in [2.24, 2.45) is 17.3 Å². The molecule has 0 saturated heterocycles. The predicted molar refractivity (Wildman–Crippen MR) is 76.2 cm³/mol. The lowest BCUT2D eigenvalue weighted by Crippen LogP contribution is -2.28. The van der Waals surface area contributed by atoms with Gasteiger partial charge in [-0.2, -0.15) is 0 Å². The lowest BCUT2D eigenvalue weighted by atomic mass is 9.68. The topological polar surface area (TPSA) is 20.2 Å². The van der Waals surface area contributed by atoms with Crippen molar-refractivity contribution in [1.82, 2.24) is 0 Å². The summed E-state index contributed by atoms with van der Waals surface area (Å²) in [6.45, 7) is 6.73. The maximum Gasteiger partial charge on any atom is 0.131 e. The second-order valence-corrected chi connectivity index (χ2v) is 7.09. The molecule has 0 aromatic heterocycles. The minimum atomic E-state index is -0.823. The lowest BCUT2D eigenvalue weighted by molar-refractivity contribution is 0.0506. The van der Waals surface area contributed by atoms with Crippen molar-refractivity contribution in [3.8, 4) is 0 Å². The van der Waals surface area contributed by atoms with Gasteiger partial charge in [-0.25, -0.2) is 8.78 Å². The minimum Gasteiger partial charge on any atom is -0.388 e. The van der Waals surface area contributed by atoms with E-state index in [1.165, 1.54) is 12.1 Å². The zero-order valence-corrected chi connectivity index (χ0v) is 12.5. The van der Waals surface area contributed by atoms with Crippen LogP contribution in [0.15, 0.2) is 18.2 Å². The van der Waals surface area contributed by atoms with E-state index < -0.39 is 17.7 Å². The second kappa shape index (κ2) is 5.80. The highest BCUT2D eigenvalue weighted by Gasteiger charge is 2.33. The molecule has 2 rings (SSSR count). The molecule has 0 heterocycles. The van der Waals surface area contributed by atoms with E-state index >= 15 is 0 Å². The monoisotopic (exact) mass is 282 g/mol. The van der Waals surface area contributed by atoms with Crippen molar-refractivity contribution in [3.63, 3.8) is 0 Å². The average Bonchev–Trinajstić information content (AvgIpc) is 2.37. The van der Waals surface area contributed by atoms with Gasteiger partial charge in [-0.05, 0) is 49.0 Å². The highest BCUT2D eigenvalue weighted by molar-refractivity contribution is 5.21. The SMILES string of the molecule is CC(C)(C)C1CCC(C(O)c2ccc(F)cc2F)CC1. The van der Waals surface area contributed by atoms with Gasteiger partial charge in [-0.3, -0.25) is 0 Å². The highest BCUT2D eigenvalue weighted by atomic mass is 19.1. The molecular weight excluding hydrogens is 258 g/mol. The van der Waals surface area contributed by atoms with Crippen molar-refractivity contribution in [1.29, 1.82) is 0 Å². The summed E-state index contributed by atoms with van der Waals surface area (Å²) in [7, 11) is 0. The van der Waals surface area contributed by atoms with E-state index in [-0.39, 0.29) is 16.9 Å². The Balaban J connectivity index is 2.03. The molecule has 0 amide bonds. The smallest absolute Gasteiger partial charge is 0.131 e. The molecule has 1 atom stereocenters. The molecule has 1 aliphatic rings. The first-order valence-electron chi connectivity index (χ1n) is 7.42. The molecule has 1 saturated carbocycles. The van der Waals surface area contributed by atoms with Gasteiger partial charge < -0.3 is 5.11 Å². The third kappa shape index (κ3) is 3.38. The molecule has 112 valence electrons. The van der Waals surface area contributed by atoms with E-state index in [1.54, 1.807) is 0 Å². The molecule has 1 aromatic rings. The lowest BCUT2D eigenvalue weighted by Gasteiger charge is -2.38. The Bertz CT molecular complexity index is 457. The number of hydrogen-bond acceptors (Lipinski definition) is 1. The van der Waals surface area contributed by atoms with Crippen molar-refractivity contribution in [2.75, 3.05) is 0 Å². The highest BCUT2D eigenvalue weighted by Crippen LogP contribution is 2.43. The van der Waals surface area contributed by atoms with Crippen LogP contribution in [0.1, 0.15) is 58.1 Å². The fourth-order valence-electron chi connectivity index (χ4n) is 3.30. The third-order valence-corrected chi connectivity index (χ3v) is 4.72. The van der Waals surface area contributed by atoms with Gasteiger partial charge in [0, 0.05) is 11.6 Å². The van der Waals surface area contributed by atoms with Crippen LogP contribution in [0.5, 0.6) is 0 Å². The van der Waals surface area contributed by atoms with Gasteiger partial charge in [0.2, 0.25) is 0 Å². The van der Waals surface area contributed by atoms with E-state index in [2.05, 4.69) is 20.8 Å². The standard InChI is InChI=1S/C17H24F2O/c1-17(2,3)12-6-4-11(5-7-12)16(20)14-9-8-13(18)10-15(14)19/h8-12,16,20H,4-7H2,1-3H3. The second-order valence-electron chi connectivity index (χ2n) is 7.09. The third-order valence-electron chi connectivity index (χ3n) is 4.72. The van der Waals surface area contributed by atoms with E-state index in [1.807, 2.05) is 0 Å². The van der Waals surface area contributed by atoms with E-state index in [0.717, 1.165) is 31.7 Å². The number of aliphatic hydroxyl groups excluding tert-OH is 1. The van der Waals surface area contributed by atoms with E-state index in [0.29, 0.717) is 5.92 Å². The number of rotatable bonds is 2. The van der Waals surface area contributed by atoms with Crippen LogP contribution in [0.4, 0.5) is 8.78 Å². The van der Waals surface area contributed by atoms with E-state index in [4.69, 9.17) is 0 Å². The molecule has 0 radical (unpaired) electrons. The number of aliphatic hydroxyl groups is 1. The van der Waals surface area contributed by atoms with Crippen LogP contribution in [0.25, 0.3) is 0 Å². The molecule has 1 aliphatic carbocycles. The molecular formula is C17H24F2O. The number of halogens is 2. The van der Waals surface area contributed by atoms with Crippen LogP contribution >= 0.6 is 0 Å². The first kappa shape index (κ1) is 15.4. The van der Waals surface area contributed by atoms with Gasteiger partial charge in [-0.15, -0.1) is 0 Å². The zero-order valence-electron chi connectivity index (χ0n) is 12.5. The molecule has 1 nitrogen and oxygen atoms in total. The maximum atomic E-state index is 13.7. The summed E-state index contributed by atoms with van der Waals surface area (Å²) in [4.78, 5) is 0. The van der Waals surface area contributed by atoms with Gasteiger partial charge in [-0.1, -0.05) is 26.8 Å². The Hall–Kier alpha value is -0.960. The largest absolute Gasteiger partial charge is 0.388 e. The van der Waals surface area contributed by atoms with Gasteiger partial charge in [0.05, 0.1) is 6.10 Å². The van der Waals surface area contributed by atoms with E-state index in [9.17, 15) is 13.9 Å². The Morgan fingerprint density at radius 3 is 2.20 bits per heavy atom. The van der Waals surface area contributed by atoms with Crippen molar-refractivity contribution >= 4 is 0 Å². The molecule has 0 bridgehead atoms. The van der Waals surface area contributed by atoms with Gasteiger partial charge in [0.1, 0.15) is 11.6 Å². The van der Waals surface area contributed by atoms with Crippen LogP contribution in [-0.2, 0) is 0 Å². The first-order valence-corrected chi connectivity index (χ1v) is 7.42.